The third-order valence-corrected chi connectivity index (χ3v) is 6.52. The van der Waals surface area contributed by atoms with Gasteiger partial charge in [0.2, 0.25) is 0 Å². The zero-order chi connectivity index (χ0) is 22.6. The Kier molecular flexibility index (Phi) is 10.4. The van der Waals surface area contributed by atoms with Gasteiger partial charge in [-0.25, -0.2) is 0 Å². The Balaban J connectivity index is 1.34. The standard InChI is InChI=1S/C25H44N6O/c1-4-14-29-16-11-22(12-17-29)28-25(26-5-2)27-13-6-15-30-18-20-31(21-19-30)23-7-9-24(32-3)10-8-23/h7-10,22H,4-6,11-21H2,1-3H3,(H2,26,27,28). The van der Waals surface area contributed by atoms with Crippen molar-refractivity contribution in [1.29, 1.82) is 0 Å². The number of piperidine rings is 1. The van der Waals surface area contributed by atoms with E-state index in [1.807, 2.05) is 12.1 Å². The molecule has 2 aliphatic rings. The average Bonchev–Trinajstić information content (AvgIpc) is 2.84. The summed E-state index contributed by atoms with van der Waals surface area (Å²) in [4.78, 5) is 12.5. The fourth-order valence-corrected chi connectivity index (χ4v) is 4.64. The number of ether oxygens (including phenoxy) is 1. The number of hydrogen-bond acceptors (Lipinski definition) is 5. The first-order valence-electron chi connectivity index (χ1n) is 12.6. The van der Waals surface area contributed by atoms with Crippen LogP contribution < -0.4 is 20.3 Å². The number of guanidine groups is 1. The second-order valence-electron chi connectivity index (χ2n) is 8.90. The van der Waals surface area contributed by atoms with Gasteiger partial charge < -0.3 is 25.2 Å². The first-order chi connectivity index (χ1) is 15.7. The number of rotatable bonds is 10. The normalized spacial score (nSPS) is 19.2. The van der Waals surface area contributed by atoms with Gasteiger partial charge in [-0.3, -0.25) is 9.89 Å². The van der Waals surface area contributed by atoms with E-state index in [2.05, 4.69) is 51.3 Å². The summed E-state index contributed by atoms with van der Waals surface area (Å²) in [6.45, 7) is 15.3. The van der Waals surface area contributed by atoms with E-state index in [-0.39, 0.29) is 0 Å². The molecule has 1 aromatic carbocycles. The molecule has 7 nitrogen and oxygen atoms in total. The van der Waals surface area contributed by atoms with Crippen molar-refractivity contribution in [3.63, 3.8) is 0 Å². The van der Waals surface area contributed by atoms with Crippen LogP contribution in [0, 0.1) is 0 Å². The largest absolute Gasteiger partial charge is 0.497 e. The molecular formula is C25H44N6O. The number of nitrogens with one attached hydrogen (secondary N) is 2. The molecule has 0 amide bonds. The number of benzene rings is 1. The molecule has 32 heavy (non-hydrogen) atoms. The molecule has 2 aliphatic heterocycles. The SMILES string of the molecule is CCCN1CCC(NC(=NCCCN2CCN(c3ccc(OC)cc3)CC2)NCC)CC1. The van der Waals surface area contributed by atoms with E-state index in [0.29, 0.717) is 6.04 Å². The van der Waals surface area contributed by atoms with Crippen LogP contribution >= 0.6 is 0 Å². The molecule has 2 N–H and O–H groups in total. The van der Waals surface area contributed by atoms with Crippen LogP contribution in [0.4, 0.5) is 5.69 Å². The number of methoxy groups -OCH3 is 1. The molecular weight excluding hydrogens is 400 g/mol. The second-order valence-corrected chi connectivity index (χ2v) is 8.90. The molecule has 3 rings (SSSR count). The first kappa shape index (κ1) is 24.6. The van der Waals surface area contributed by atoms with Gasteiger partial charge in [0.05, 0.1) is 7.11 Å². The summed E-state index contributed by atoms with van der Waals surface area (Å²) in [7, 11) is 1.71. The van der Waals surface area contributed by atoms with Crippen LogP contribution in [0.1, 0.15) is 39.5 Å². The fraction of sp³-hybridized carbons (Fsp3) is 0.720. The molecule has 0 aromatic heterocycles. The predicted molar refractivity (Wildman–Crippen MR) is 135 cm³/mol. The Hall–Kier alpha value is -1.99. The number of likely N-dealkylation sites (tertiary alicyclic amines) is 1. The van der Waals surface area contributed by atoms with Crippen molar-refractivity contribution in [3.05, 3.63) is 24.3 Å². The van der Waals surface area contributed by atoms with E-state index in [4.69, 9.17) is 9.73 Å². The van der Waals surface area contributed by atoms with Crippen LogP contribution in [0.25, 0.3) is 0 Å². The quantitative estimate of drug-likeness (QED) is 0.329. The topological polar surface area (TPSA) is 55.4 Å². The van der Waals surface area contributed by atoms with E-state index in [1.54, 1.807) is 7.11 Å². The van der Waals surface area contributed by atoms with Crippen LogP contribution in [-0.2, 0) is 0 Å². The number of nitrogens with zero attached hydrogens (tertiary/aromatic N) is 4. The molecule has 2 heterocycles. The number of hydrogen-bond donors (Lipinski definition) is 2. The van der Waals surface area contributed by atoms with Gasteiger partial charge in [-0.2, -0.15) is 0 Å². The summed E-state index contributed by atoms with van der Waals surface area (Å²) in [5.74, 6) is 1.91. The Morgan fingerprint density at radius 3 is 2.28 bits per heavy atom. The lowest BCUT2D eigenvalue weighted by Crippen LogP contribution is -2.49. The summed E-state index contributed by atoms with van der Waals surface area (Å²) in [6, 6.07) is 8.96. The Morgan fingerprint density at radius 2 is 1.66 bits per heavy atom. The maximum Gasteiger partial charge on any atom is 0.191 e. The van der Waals surface area contributed by atoms with Crippen LogP contribution in [0.5, 0.6) is 5.75 Å². The fourth-order valence-electron chi connectivity index (χ4n) is 4.64. The molecule has 0 spiro atoms. The van der Waals surface area contributed by atoms with Gasteiger partial charge in [-0.1, -0.05) is 6.92 Å². The lowest BCUT2D eigenvalue weighted by atomic mass is 10.1. The van der Waals surface area contributed by atoms with Crippen molar-refractivity contribution in [2.45, 2.75) is 45.6 Å². The van der Waals surface area contributed by atoms with Crippen molar-refractivity contribution in [3.8, 4) is 5.75 Å². The van der Waals surface area contributed by atoms with Crippen molar-refractivity contribution in [1.82, 2.24) is 20.4 Å². The molecule has 0 atom stereocenters. The van der Waals surface area contributed by atoms with Crippen LogP contribution in [-0.4, -0.2) is 94.4 Å². The molecule has 1 aromatic rings. The highest BCUT2D eigenvalue weighted by Gasteiger charge is 2.19. The number of anilines is 1. The van der Waals surface area contributed by atoms with Gasteiger partial charge in [0.25, 0.3) is 0 Å². The van der Waals surface area contributed by atoms with Crippen LogP contribution in [0.3, 0.4) is 0 Å². The minimum absolute atomic E-state index is 0.548. The Morgan fingerprint density at radius 1 is 0.969 bits per heavy atom. The summed E-state index contributed by atoms with van der Waals surface area (Å²) in [5.41, 5.74) is 1.29. The van der Waals surface area contributed by atoms with E-state index in [1.165, 1.54) is 44.6 Å². The first-order valence-corrected chi connectivity index (χ1v) is 12.6. The number of piperazine rings is 1. The van der Waals surface area contributed by atoms with Gasteiger partial charge in [-0.05, 0) is 63.4 Å². The molecule has 180 valence electrons. The minimum atomic E-state index is 0.548. The summed E-state index contributed by atoms with van der Waals surface area (Å²) in [5, 5.41) is 7.11. The molecule has 2 fully saturated rings. The second kappa shape index (κ2) is 13.5. The zero-order valence-corrected chi connectivity index (χ0v) is 20.5. The predicted octanol–water partition coefficient (Wildman–Crippen LogP) is 2.64. The Bertz CT molecular complexity index is 664. The highest BCUT2D eigenvalue weighted by Crippen LogP contribution is 2.20. The maximum atomic E-state index is 5.27. The number of aliphatic imine (C=N–C) groups is 1. The van der Waals surface area contributed by atoms with Crippen molar-refractivity contribution < 1.29 is 4.74 Å². The Labute approximate surface area is 195 Å². The van der Waals surface area contributed by atoms with Crippen molar-refractivity contribution in [2.24, 2.45) is 4.99 Å². The molecule has 0 radical (unpaired) electrons. The third kappa shape index (κ3) is 7.85. The zero-order valence-electron chi connectivity index (χ0n) is 20.5. The molecule has 0 unspecified atom stereocenters. The lowest BCUT2D eigenvalue weighted by molar-refractivity contribution is 0.206. The summed E-state index contributed by atoms with van der Waals surface area (Å²) in [6.07, 6.45) is 4.78. The monoisotopic (exact) mass is 444 g/mol. The minimum Gasteiger partial charge on any atom is -0.497 e. The van der Waals surface area contributed by atoms with Gasteiger partial charge in [0.15, 0.2) is 5.96 Å². The third-order valence-electron chi connectivity index (χ3n) is 6.52. The van der Waals surface area contributed by atoms with Crippen LogP contribution in [0.15, 0.2) is 29.3 Å². The highest BCUT2D eigenvalue weighted by atomic mass is 16.5. The lowest BCUT2D eigenvalue weighted by Gasteiger charge is -2.36. The van der Waals surface area contributed by atoms with E-state index in [0.717, 1.165) is 63.9 Å². The molecule has 7 heteroatoms. The van der Waals surface area contributed by atoms with E-state index < -0.39 is 0 Å². The average molecular weight is 445 g/mol. The van der Waals surface area contributed by atoms with Crippen molar-refractivity contribution in [2.75, 3.05) is 77.5 Å². The molecule has 2 saturated heterocycles. The summed E-state index contributed by atoms with van der Waals surface area (Å²) < 4.78 is 5.27. The van der Waals surface area contributed by atoms with E-state index in [9.17, 15) is 0 Å². The van der Waals surface area contributed by atoms with Crippen LogP contribution in [0.2, 0.25) is 0 Å². The van der Waals surface area contributed by atoms with Gasteiger partial charge in [0, 0.05) is 70.6 Å². The van der Waals surface area contributed by atoms with Gasteiger partial charge in [0.1, 0.15) is 5.75 Å². The molecule has 0 saturated carbocycles. The smallest absolute Gasteiger partial charge is 0.191 e. The molecule has 0 bridgehead atoms. The summed E-state index contributed by atoms with van der Waals surface area (Å²) >= 11 is 0. The van der Waals surface area contributed by atoms with Gasteiger partial charge in [-0.15, -0.1) is 0 Å². The van der Waals surface area contributed by atoms with E-state index >= 15 is 0 Å². The maximum absolute atomic E-state index is 5.27. The highest BCUT2D eigenvalue weighted by molar-refractivity contribution is 5.80. The molecule has 0 aliphatic carbocycles. The van der Waals surface area contributed by atoms with Gasteiger partial charge >= 0.3 is 0 Å². The van der Waals surface area contributed by atoms with Crippen molar-refractivity contribution >= 4 is 11.6 Å².